The number of phenols is 1. The summed E-state index contributed by atoms with van der Waals surface area (Å²) in [6.07, 6.45) is 4.93. The Hall–Kier alpha value is -1.94. The number of benzene rings is 2. The minimum Gasteiger partial charge on any atom is -0.504 e. The Balaban J connectivity index is 2.33. The first-order chi connectivity index (χ1) is 12.2. The van der Waals surface area contributed by atoms with Crippen molar-refractivity contribution in [2.75, 3.05) is 19.9 Å². The van der Waals surface area contributed by atoms with Crippen molar-refractivity contribution in [3.8, 4) is 11.5 Å². The highest BCUT2D eigenvalue weighted by molar-refractivity contribution is 7.99. The number of nitrogens with zero attached hydrogens (tertiary/aromatic N) is 1. The van der Waals surface area contributed by atoms with Gasteiger partial charge in [0.2, 0.25) is 0 Å². The van der Waals surface area contributed by atoms with Crippen molar-refractivity contribution in [3.05, 3.63) is 53.6 Å². The van der Waals surface area contributed by atoms with Gasteiger partial charge in [0.15, 0.2) is 11.5 Å². The third-order valence-electron chi connectivity index (χ3n) is 4.06. The Kier molecular flexibility index (Phi) is 7.86. The monoisotopic (exact) mass is 357 g/mol. The molecule has 25 heavy (non-hydrogen) atoms. The summed E-state index contributed by atoms with van der Waals surface area (Å²) < 4.78 is 5.31. The summed E-state index contributed by atoms with van der Waals surface area (Å²) in [6, 6.07) is 13.8. The highest BCUT2D eigenvalue weighted by Crippen LogP contribution is 2.36. The highest BCUT2D eigenvalue weighted by atomic mass is 32.2. The van der Waals surface area contributed by atoms with Crippen LogP contribution >= 0.6 is 11.8 Å². The molecule has 0 bridgehead atoms. The summed E-state index contributed by atoms with van der Waals surface area (Å²) in [5.74, 6) is 1.68. The summed E-state index contributed by atoms with van der Waals surface area (Å²) in [5, 5.41) is 10.2. The molecule has 0 fully saturated rings. The van der Waals surface area contributed by atoms with Crippen LogP contribution < -0.4 is 4.74 Å². The molecule has 0 aliphatic heterocycles. The van der Waals surface area contributed by atoms with E-state index in [9.17, 15) is 5.11 Å². The molecule has 3 nitrogen and oxygen atoms in total. The summed E-state index contributed by atoms with van der Waals surface area (Å²) in [5.41, 5.74) is 2.98. The van der Waals surface area contributed by atoms with E-state index >= 15 is 0 Å². The van der Waals surface area contributed by atoms with Crippen molar-refractivity contribution < 1.29 is 9.84 Å². The zero-order valence-electron chi connectivity index (χ0n) is 15.3. The number of rotatable bonds is 9. The lowest BCUT2D eigenvalue weighted by atomic mass is 10.0. The number of aromatic hydroxyl groups is 1. The fourth-order valence-corrected chi connectivity index (χ4v) is 3.80. The van der Waals surface area contributed by atoms with Crippen LogP contribution in [0, 0.1) is 0 Å². The Labute approximate surface area is 155 Å². The van der Waals surface area contributed by atoms with E-state index in [-0.39, 0.29) is 5.75 Å². The summed E-state index contributed by atoms with van der Waals surface area (Å²) in [6.45, 7) is 2.22. The van der Waals surface area contributed by atoms with Crippen LogP contribution in [0.2, 0.25) is 0 Å². The van der Waals surface area contributed by atoms with E-state index in [1.54, 1.807) is 32.0 Å². The van der Waals surface area contributed by atoms with Gasteiger partial charge in [0.1, 0.15) is 0 Å². The van der Waals surface area contributed by atoms with Crippen LogP contribution in [0.5, 0.6) is 11.5 Å². The molecule has 0 amide bonds. The molecule has 0 unspecified atom stereocenters. The quantitative estimate of drug-likeness (QED) is 0.364. The number of ether oxygens (including phenoxy) is 1. The largest absolute Gasteiger partial charge is 0.504 e. The van der Waals surface area contributed by atoms with Crippen LogP contribution in [0.1, 0.15) is 43.7 Å². The first-order valence-electron chi connectivity index (χ1n) is 8.77. The number of aliphatic imine (C=N–C) groups is 1. The molecule has 0 aromatic heterocycles. The molecule has 2 aromatic carbocycles. The second-order valence-corrected chi connectivity index (χ2v) is 7.00. The lowest BCUT2D eigenvalue weighted by molar-refractivity contribution is 0.372. The molecule has 134 valence electrons. The van der Waals surface area contributed by atoms with Gasteiger partial charge >= 0.3 is 0 Å². The van der Waals surface area contributed by atoms with Crippen LogP contribution in [0.25, 0.3) is 0 Å². The fourth-order valence-electron chi connectivity index (χ4n) is 2.73. The Morgan fingerprint density at radius 2 is 1.88 bits per heavy atom. The van der Waals surface area contributed by atoms with Gasteiger partial charge in [0.05, 0.1) is 12.8 Å². The second kappa shape index (κ2) is 10.1. The SMILES string of the molecule is CCCCCCSc1cc(O)c(OC)cc1C(=NC)c1ccccc1. The Morgan fingerprint density at radius 1 is 1.12 bits per heavy atom. The maximum Gasteiger partial charge on any atom is 0.161 e. The van der Waals surface area contributed by atoms with E-state index in [2.05, 4.69) is 24.0 Å². The molecule has 0 saturated heterocycles. The number of thioether (sulfide) groups is 1. The third-order valence-corrected chi connectivity index (χ3v) is 5.20. The van der Waals surface area contributed by atoms with Gasteiger partial charge < -0.3 is 9.84 Å². The van der Waals surface area contributed by atoms with Gasteiger partial charge in [-0.3, -0.25) is 4.99 Å². The number of phenolic OH excluding ortho intramolecular Hbond substituents is 1. The minimum atomic E-state index is 0.172. The molecule has 0 aliphatic carbocycles. The van der Waals surface area contributed by atoms with E-state index in [4.69, 9.17) is 4.74 Å². The van der Waals surface area contributed by atoms with Gasteiger partial charge in [-0.05, 0) is 24.3 Å². The van der Waals surface area contributed by atoms with E-state index in [0.29, 0.717) is 5.75 Å². The average Bonchev–Trinajstić information content (AvgIpc) is 2.64. The smallest absolute Gasteiger partial charge is 0.161 e. The van der Waals surface area contributed by atoms with E-state index in [0.717, 1.165) is 27.5 Å². The number of hydrogen-bond acceptors (Lipinski definition) is 4. The first-order valence-corrected chi connectivity index (χ1v) is 9.76. The molecular weight excluding hydrogens is 330 g/mol. The second-order valence-electron chi connectivity index (χ2n) is 5.87. The average molecular weight is 358 g/mol. The van der Waals surface area contributed by atoms with E-state index in [1.165, 1.54) is 25.7 Å². The van der Waals surface area contributed by atoms with Crippen molar-refractivity contribution in [3.63, 3.8) is 0 Å². The zero-order valence-corrected chi connectivity index (χ0v) is 16.1. The van der Waals surface area contributed by atoms with Gasteiger partial charge in [0, 0.05) is 23.1 Å². The van der Waals surface area contributed by atoms with Crippen LogP contribution in [-0.2, 0) is 0 Å². The van der Waals surface area contributed by atoms with Crippen LogP contribution in [0.15, 0.2) is 52.4 Å². The van der Waals surface area contributed by atoms with Gasteiger partial charge in [0.25, 0.3) is 0 Å². The standard InChI is InChI=1S/C21H27NO2S/c1-4-5-6-10-13-25-20-15-18(23)19(24-3)14-17(20)21(22-2)16-11-8-7-9-12-16/h7-9,11-12,14-15,23H,4-6,10,13H2,1-3H3. The fraction of sp³-hybridized carbons (Fsp3) is 0.381. The Bertz CT molecular complexity index is 699. The summed E-state index contributed by atoms with van der Waals surface area (Å²) >= 11 is 1.77. The maximum atomic E-state index is 10.2. The molecule has 2 rings (SSSR count). The third kappa shape index (κ3) is 5.27. The first kappa shape index (κ1) is 19.4. The van der Waals surface area contributed by atoms with E-state index < -0.39 is 0 Å². The van der Waals surface area contributed by atoms with Crippen molar-refractivity contribution in [1.29, 1.82) is 0 Å². The molecular formula is C21H27NO2S. The Morgan fingerprint density at radius 3 is 2.52 bits per heavy atom. The molecule has 1 N–H and O–H groups in total. The maximum absolute atomic E-state index is 10.2. The number of unbranched alkanes of at least 4 members (excludes halogenated alkanes) is 3. The van der Waals surface area contributed by atoms with Gasteiger partial charge in [-0.1, -0.05) is 56.5 Å². The number of methoxy groups -OCH3 is 1. The zero-order chi connectivity index (χ0) is 18.1. The van der Waals surface area contributed by atoms with Crippen LogP contribution in [0.4, 0.5) is 0 Å². The normalized spacial score (nSPS) is 11.6. The van der Waals surface area contributed by atoms with Crippen molar-refractivity contribution in [1.82, 2.24) is 0 Å². The molecule has 4 heteroatoms. The van der Waals surface area contributed by atoms with Gasteiger partial charge in [-0.25, -0.2) is 0 Å². The summed E-state index contributed by atoms with van der Waals surface area (Å²) in [7, 11) is 3.37. The van der Waals surface area contributed by atoms with Crippen LogP contribution in [-0.4, -0.2) is 30.7 Å². The lowest BCUT2D eigenvalue weighted by Gasteiger charge is -2.15. The molecule has 0 atom stereocenters. The van der Waals surface area contributed by atoms with E-state index in [1.807, 2.05) is 24.3 Å². The topological polar surface area (TPSA) is 41.8 Å². The van der Waals surface area contributed by atoms with Gasteiger partial charge in [-0.15, -0.1) is 11.8 Å². The molecule has 0 saturated carbocycles. The minimum absolute atomic E-state index is 0.172. The molecule has 0 radical (unpaired) electrons. The highest BCUT2D eigenvalue weighted by Gasteiger charge is 2.16. The van der Waals surface area contributed by atoms with Gasteiger partial charge in [-0.2, -0.15) is 0 Å². The predicted octanol–water partition coefficient (Wildman–Crippen LogP) is 5.54. The molecule has 0 heterocycles. The van der Waals surface area contributed by atoms with Crippen molar-refractivity contribution in [2.24, 2.45) is 4.99 Å². The summed E-state index contributed by atoms with van der Waals surface area (Å²) in [4.78, 5) is 5.56. The lowest BCUT2D eigenvalue weighted by Crippen LogP contribution is -2.06. The van der Waals surface area contributed by atoms with Crippen molar-refractivity contribution in [2.45, 2.75) is 37.5 Å². The van der Waals surface area contributed by atoms with Crippen LogP contribution in [0.3, 0.4) is 0 Å². The number of hydrogen-bond donors (Lipinski definition) is 1. The molecule has 2 aromatic rings. The van der Waals surface area contributed by atoms with Crippen molar-refractivity contribution >= 4 is 17.5 Å². The molecule has 0 aliphatic rings. The predicted molar refractivity (Wildman–Crippen MR) is 108 cm³/mol. The molecule has 0 spiro atoms.